The maximum Gasteiger partial charge on any atom is 0.270 e. The fraction of sp³-hybridized carbons (Fsp3) is 0.231. The maximum absolute atomic E-state index is 10.8. The van der Waals surface area contributed by atoms with Crippen molar-refractivity contribution in [3.63, 3.8) is 0 Å². The molecule has 0 bridgehead atoms. The molecule has 1 heterocycles. The second-order valence-electron chi connectivity index (χ2n) is 4.20. The molecule has 0 amide bonds. The van der Waals surface area contributed by atoms with E-state index in [1.54, 1.807) is 12.1 Å². The Labute approximate surface area is 115 Å². The summed E-state index contributed by atoms with van der Waals surface area (Å²) in [5.41, 5.74) is 2.62. The molecule has 2 rings (SSSR count). The van der Waals surface area contributed by atoms with Crippen molar-refractivity contribution >= 4 is 17.9 Å². The Hall–Kier alpha value is -2.08. The van der Waals surface area contributed by atoms with Gasteiger partial charge in [0, 0.05) is 23.4 Å². The zero-order valence-corrected chi connectivity index (χ0v) is 11.5. The number of aromatic amines is 1. The van der Waals surface area contributed by atoms with Gasteiger partial charge in [-0.05, 0) is 25.0 Å². The molecular weight excluding hydrogens is 262 g/mol. The summed E-state index contributed by atoms with van der Waals surface area (Å²) in [4.78, 5) is 17.8. The minimum absolute atomic E-state index is 0.0450. The predicted octanol–water partition coefficient (Wildman–Crippen LogP) is 3.59. The molecule has 0 aliphatic carbocycles. The van der Waals surface area contributed by atoms with Crippen LogP contribution in [0.4, 0.5) is 5.69 Å². The zero-order valence-electron chi connectivity index (χ0n) is 10.6. The van der Waals surface area contributed by atoms with E-state index in [-0.39, 0.29) is 5.69 Å². The van der Waals surface area contributed by atoms with Crippen molar-refractivity contribution < 1.29 is 4.92 Å². The summed E-state index contributed by atoms with van der Waals surface area (Å²) in [6.45, 7) is 3.89. The van der Waals surface area contributed by atoms with Gasteiger partial charge in [0.05, 0.1) is 4.92 Å². The van der Waals surface area contributed by atoms with Crippen LogP contribution in [0.25, 0.3) is 11.4 Å². The fourth-order valence-electron chi connectivity index (χ4n) is 1.80. The average molecular weight is 275 g/mol. The lowest BCUT2D eigenvalue weighted by atomic mass is 10.1. The van der Waals surface area contributed by atoms with Crippen LogP contribution in [0.1, 0.15) is 18.2 Å². The van der Waals surface area contributed by atoms with Gasteiger partial charge >= 0.3 is 0 Å². The normalized spacial score (nSPS) is 10.4. The Balaban J connectivity index is 2.63. The first-order chi connectivity index (χ1) is 9.01. The second kappa shape index (κ2) is 5.27. The summed E-state index contributed by atoms with van der Waals surface area (Å²) in [7, 11) is 0. The van der Waals surface area contributed by atoms with Crippen LogP contribution in [0.2, 0.25) is 0 Å². The van der Waals surface area contributed by atoms with Crippen molar-refractivity contribution in [2.75, 3.05) is 0 Å². The lowest BCUT2D eigenvalue weighted by Crippen LogP contribution is -1.97. The fourth-order valence-corrected chi connectivity index (χ4v) is 2.04. The van der Waals surface area contributed by atoms with Gasteiger partial charge in [-0.15, -0.1) is 0 Å². The van der Waals surface area contributed by atoms with Crippen LogP contribution in [0.5, 0.6) is 0 Å². The van der Waals surface area contributed by atoms with Crippen LogP contribution in [-0.2, 0) is 6.42 Å². The molecule has 6 heteroatoms. The van der Waals surface area contributed by atoms with Crippen LogP contribution < -0.4 is 0 Å². The molecular formula is C13H13N3O2S. The lowest BCUT2D eigenvalue weighted by Gasteiger charge is -2.07. The highest BCUT2D eigenvalue weighted by Crippen LogP contribution is 2.25. The van der Waals surface area contributed by atoms with Gasteiger partial charge in [-0.3, -0.25) is 10.1 Å². The standard InChI is InChI=1S/C13H13N3O2S/c1-3-9-6-12(19)15-13(14-9)11-7-10(16(17)18)5-4-8(11)2/h4-7H,3H2,1-2H3,(H,14,15,19). The van der Waals surface area contributed by atoms with Crippen LogP contribution in [0, 0.1) is 21.7 Å². The van der Waals surface area contributed by atoms with E-state index >= 15 is 0 Å². The highest BCUT2D eigenvalue weighted by Gasteiger charge is 2.12. The number of nitrogens with zero attached hydrogens (tertiary/aromatic N) is 2. The number of nitro benzene ring substituents is 1. The molecule has 0 unspecified atom stereocenters. The van der Waals surface area contributed by atoms with Gasteiger partial charge < -0.3 is 4.98 Å². The van der Waals surface area contributed by atoms with Gasteiger partial charge in [-0.25, -0.2) is 4.98 Å². The Bertz CT molecular complexity index is 695. The molecule has 5 nitrogen and oxygen atoms in total. The van der Waals surface area contributed by atoms with E-state index in [2.05, 4.69) is 9.97 Å². The summed E-state index contributed by atoms with van der Waals surface area (Å²) in [6, 6.07) is 6.51. The Morgan fingerprint density at radius 3 is 2.79 bits per heavy atom. The van der Waals surface area contributed by atoms with E-state index in [4.69, 9.17) is 12.2 Å². The number of H-pyrrole nitrogens is 1. The van der Waals surface area contributed by atoms with Gasteiger partial charge in [0.25, 0.3) is 5.69 Å². The molecule has 0 saturated heterocycles. The molecule has 98 valence electrons. The van der Waals surface area contributed by atoms with Crippen LogP contribution in [-0.4, -0.2) is 14.9 Å². The van der Waals surface area contributed by atoms with E-state index < -0.39 is 4.92 Å². The Morgan fingerprint density at radius 1 is 1.42 bits per heavy atom. The molecule has 0 aliphatic heterocycles. The van der Waals surface area contributed by atoms with E-state index in [9.17, 15) is 10.1 Å². The number of aromatic nitrogens is 2. The molecule has 0 fully saturated rings. The summed E-state index contributed by atoms with van der Waals surface area (Å²) >= 11 is 5.12. The first-order valence-electron chi connectivity index (χ1n) is 5.87. The van der Waals surface area contributed by atoms with Crippen molar-refractivity contribution in [2.24, 2.45) is 0 Å². The van der Waals surface area contributed by atoms with E-state index in [0.29, 0.717) is 16.0 Å². The summed E-state index contributed by atoms with van der Waals surface area (Å²) in [5, 5.41) is 10.8. The SMILES string of the molecule is CCc1cc(=S)nc(-c2cc([N+](=O)[O-])ccc2C)[nH]1. The third kappa shape index (κ3) is 2.85. The van der Waals surface area contributed by atoms with Crippen molar-refractivity contribution in [1.29, 1.82) is 0 Å². The predicted molar refractivity (Wildman–Crippen MR) is 75.6 cm³/mol. The first kappa shape index (κ1) is 13.4. The minimum Gasteiger partial charge on any atom is -0.343 e. The molecule has 0 radical (unpaired) electrons. The lowest BCUT2D eigenvalue weighted by molar-refractivity contribution is -0.384. The Morgan fingerprint density at radius 2 is 2.16 bits per heavy atom. The van der Waals surface area contributed by atoms with Crippen LogP contribution in [0.15, 0.2) is 24.3 Å². The summed E-state index contributed by atoms with van der Waals surface area (Å²) in [5.74, 6) is 0.575. The average Bonchev–Trinajstić information content (AvgIpc) is 2.38. The molecule has 2 aromatic rings. The molecule has 1 aromatic carbocycles. The molecule has 1 N–H and O–H groups in total. The highest BCUT2D eigenvalue weighted by molar-refractivity contribution is 7.71. The van der Waals surface area contributed by atoms with Gasteiger partial charge in [-0.1, -0.05) is 25.2 Å². The Kier molecular flexibility index (Phi) is 3.71. The number of nitrogens with one attached hydrogen (secondary N) is 1. The van der Waals surface area contributed by atoms with Gasteiger partial charge in [-0.2, -0.15) is 0 Å². The van der Waals surface area contributed by atoms with E-state index in [0.717, 1.165) is 17.7 Å². The smallest absolute Gasteiger partial charge is 0.270 e. The summed E-state index contributed by atoms with van der Waals surface area (Å²) in [6.07, 6.45) is 0.799. The first-order valence-corrected chi connectivity index (χ1v) is 6.27. The second-order valence-corrected chi connectivity index (χ2v) is 4.62. The summed E-state index contributed by atoms with van der Waals surface area (Å²) < 4.78 is 0.483. The third-order valence-corrected chi connectivity index (χ3v) is 3.08. The van der Waals surface area contributed by atoms with Crippen molar-refractivity contribution in [2.45, 2.75) is 20.3 Å². The highest BCUT2D eigenvalue weighted by atomic mass is 32.1. The molecule has 0 aliphatic rings. The van der Waals surface area contributed by atoms with E-state index in [1.165, 1.54) is 12.1 Å². The van der Waals surface area contributed by atoms with Crippen LogP contribution in [0.3, 0.4) is 0 Å². The van der Waals surface area contributed by atoms with Gasteiger partial charge in [0.2, 0.25) is 0 Å². The number of hydrogen-bond donors (Lipinski definition) is 1. The molecule has 0 atom stereocenters. The topological polar surface area (TPSA) is 71.8 Å². The minimum atomic E-state index is -0.415. The number of nitro groups is 1. The maximum atomic E-state index is 10.8. The number of aryl methyl sites for hydroxylation is 2. The largest absolute Gasteiger partial charge is 0.343 e. The van der Waals surface area contributed by atoms with Gasteiger partial charge in [0.15, 0.2) is 0 Å². The zero-order chi connectivity index (χ0) is 14.0. The number of hydrogen-bond acceptors (Lipinski definition) is 4. The number of rotatable bonds is 3. The quantitative estimate of drug-likeness (QED) is 0.528. The molecule has 0 saturated carbocycles. The van der Waals surface area contributed by atoms with E-state index in [1.807, 2.05) is 13.8 Å². The number of non-ortho nitro benzene ring substituents is 1. The monoisotopic (exact) mass is 275 g/mol. The molecule has 1 aromatic heterocycles. The van der Waals surface area contributed by atoms with Gasteiger partial charge in [0.1, 0.15) is 10.5 Å². The van der Waals surface area contributed by atoms with Crippen molar-refractivity contribution in [3.8, 4) is 11.4 Å². The number of benzene rings is 1. The third-order valence-electron chi connectivity index (χ3n) is 2.87. The van der Waals surface area contributed by atoms with Crippen LogP contribution >= 0.6 is 12.2 Å². The van der Waals surface area contributed by atoms with Crippen molar-refractivity contribution in [1.82, 2.24) is 9.97 Å². The molecule has 0 spiro atoms. The molecule has 19 heavy (non-hydrogen) atoms. The van der Waals surface area contributed by atoms with Crippen molar-refractivity contribution in [3.05, 3.63) is 50.3 Å².